The summed E-state index contributed by atoms with van der Waals surface area (Å²) in [6.07, 6.45) is -2.99. The van der Waals surface area contributed by atoms with Crippen molar-refractivity contribution in [1.82, 2.24) is 9.88 Å². The molecule has 0 radical (unpaired) electrons. The highest BCUT2D eigenvalue weighted by molar-refractivity contribution is 6.00. The van der Waals surface area contributed by atoms with Crippen molar-refractivity contribution in [2.45, 2.75) is 6.18 Å². The average Bonchev–Trinajstić information content (AvgIpc) is 3.14. The Bertz CT molecular complexity index is 787. The summed E-state index contributed by atoms with van der Waals surface area (Å²) in [6.45, 7) is -1.15. The minimum atomic E-state index is -4.67. The van der Waals surface area contributed by atoms with E-state index < -0.39 is 43.1 Å². The fourth-order valence-corrected chi connectivity index (χ4v) is 2.94. The lowest BCUT2D eigenvalue weighted by Gasteiger charge is -2.19. The number of alkyl halides is 3. The molecule has 1 aliphatic heterocycles. The first-order chi connectivity index (χ1) is 11.3. The number of hydrogen-bond donors (Lipinski definition) is 3. The maximum Gasteiger partial charge on any atom is 0.394 e. The van der Waals surface area contributed by atoms with E-state index in [0.717, 1.165) is 10.4 Å². The second-order valence-corrected chi connectivity index (χ2v) is 5.67. The second-order valence-electron chi connectivity index (χ2n) is 5.67. The lowest BCUT2D eigenvalue weighted by atomic mass is 9.96. The fraction of sp³-hybridized carbons (Fsp3) is 0.333. The molecule has 1 aliphatic rings. The first-order valence-corrected chi connectivity index (χ1v) is 7.19. The van der Waals surface area contributed by atoms with Crippen molar-refractivity contribution in [2.75, 3.05) is 18.4 Å². The van der Waals surface area contributed by atoms with Crippen LogP contribution in [0.5, 0.6) is 0 Å². The summed E-state index contributed by atoms with van der Waals surface area (Å²) in [5.74, 6) is -5.28. The van der Waals surface area contributed by atoms with Crippen LogP contribution in [-0.4, -0.2) is 46.3 Å². The van der Waals surface area contributed by atoms with E-state index in [0.29, 0.717) is 11.1 Å². The van der Waals surface area contributed by atoms with Crippen molar-refractivity contribution < 1.29 is 27.9 Å². The molecule has 0 aliphatic carbocycles. The molecule has 0 saturated carbocycles. The number of halogens is 3. The van der Waals surface area contributed by atoms with E-state index in [9.17, 15) is 22.8 Å². The van der Waals surface area contributed by atoms with E-state index in [1.165, 1.54) is 0 Å². The van der Waals surface area contributed by atoms with Crippen molar-refractivity contribution in [3.63, 3.8) is 0 Å². The summed E-state index contributed by atoms with van der Waals surface area (Å²) in [6, 6.07) is 6.09. The molecule has 6 nitrogen and oxygen atoms in total. The van der Waals surface area contributed by atoms with Gasteiger partial charge in [-0.05, 0) is 18.2 Å². The second kappa shape index (κ2) is 5.73. The van der Waals surface area contributed by atoms with Gasteiger partial charge in [0.2, 0.25) is 0 Å². The highest BCUT2D eigenvalue weighted by atomic mass is 19.4. The molecule has 9 heteroatoms. The number of anilines is 1. The van der Waals surface area contributed by atoms with Gasteiger partial charge in [-0.3, -0.25) is 4.79 Å². The summed E-state index contributed by atoms with van der Waals surface area (Å²) >= 11 is 0. The monoisotopic (exact) mass is 341 g/mol. The molecule has 24 heavy (non-hydrogen) atoms. The van der Waals surface area contributed by atoms with E-state index in [4.69, 9.17) is 5.11 Å². The number of aliphatic carboxylic acids is 1. The van der Waals surface area contributed by atoms with E-state index >= 15 is 0 Å². The Labute approximate surface area is 134 Å². The molecule has 128 valence electrons. The normalized spacial score (nSPS) is 21.2. The zero-order valence-electron chi connectivity index (χ0n) is 12.3. The van der Waals surface area contributed by atoms with Crippen LogP contribution in [0.25, 0.3) is 10.9 Å². The minimum Gasteiger partial charge on any atom is -0.481 e. The van der Waals surface area contributed by atoms with Crippen LogP contribution in [0.4, 0.5) is 23.7 Å². The third-order valence-corrected chi connectivity index (χ3v) is 4.18. The van der Waals surface area contributed by atoms with Gasteiger partial charge in [0.1, 0.15) is 0 Å². The van der Waals surface area contributed by atoms with Gasteiger partial charge < -0.3 is 20.3 Å². The van der Waals surface area contributed by atoms with Crippen molar-refractivity contribution in [3.8, 4) is 0 Å². The molecule has 3 N–H and O–H groups in total. The van der Waals surface area contributed by atoms with E-state index in [2.05, 4.69) is 10.3 Å². The summed E-state index contributed by atoms with van der Waals surface area (Å²) in [7, 11) is 0. The predicted molar refractivity (Wildman–Crippen MR) is 79.6 cm³/mol. The van der Waals surface area contributed by atoms with Crippen molar-refractivity contribution >= 4 is 28.6 Å². The number of H-pyrrole nitrogens is 1. The number of carboxylic acid groups (broad SMARTS) is 1. The predicted octanol–water partition coefficient (Wildman–Crippen LogP) is 2.89. The summed E-state index contributed by atoms with van der Waals surface area (Å²) in [4.78, 5) is 27.2. The largest absolute Gasteiger partial charge is 0.481 e. The number of aromatic nitrogens is 1. The van der Waals surface area contributed by atoms with Gasteiger partial charge in [0.25, 0.3) is 0 Å². The number of nitrogens with one attached hydrogen (secondary N) is 2. The molecule has 0 bridgehead atoms. The third kappa shape index (κ3) is 2.89. The Morgan fingerprint density at radius 2 is 2.00 bits per heavy atom. The van der Waals surface area contributed by atoms with Crippen molar-refractivity contribution in [2.24, 2.45) is 11.8 Å². The zero-order chi connectivity index (χ0) is 17.5. The maximum atomic E-state index is 13.0. The Kier molecular flexibility index (Phi) is 3.86. The molecule has 1 aromatic carbocycles. The molecular formula is C15H14F3N3O3. The third-order valence-electron chi connectivity index (χ3n) is 4.18. The number of hydrogen-bond acceptors (Lipinski definition) is 2. The number of fused-ring (bicyclic) bond motifs is 1. The summed E-state index contributed by atoms with van der Waals surface area (Å²) in [5, 5.41) is 12.3. The van der Waals surface area contributed by atoms with Crippen LogP contribution in [0.1, 0.15) is 0 Å². The smallest absolute Gasteiger partial charge is 0.394 e. The molecule has 2 amide bonds. The highest BCUT2D eigenvalue weighted by Gasteiger charge is 2.53. The topological polar surface area (TPSA) is 85.4 Å². The lowest BCUT2D eigenvalue weighted by molar-refractivity contribution is -0.187. The number of benzene rings is 1. The van der Waals surface area contributed by atoms with Gasteiger partial charge in [-0.15, -0.1) is 0 Å². The van der Waals surface area contributed by atoms with Crippen LogP contribution >= 0.6 is 0 Å². The number of likely N-dealkylation sites (tertiary alicyclic amines) is 1. The number of nitrogens with zero attached hydrogens (tertiary/aromatic N) is 1. The van der Waals surface area contributed by atoms with E-state index in [-0.39, 0.29) is 0 Å². The Balaban J connectivity index is 1.78. The Morgan fingerprint density at radius 1 is 1.25 bits per heavy atom. The first kappa shape index (κ1) is 16.2. The molecule has 1 fully saturated rings. The fourth-order valence-electron chi connectivity index (χ4n) is 2.94. The Morgan fingerprint density at radius 3 is 2.62 bits per heavy atom. The van der Waals surface area contributed by atoms with Gasteiger partial charge in [0.15, 0.2) is 0 Å². The van der Waals surface area contributed by atoms with Crippen molar-refractivity contribution in [1.29, 1.82) is 0 Å². The summed E-state index contributed by atoms with van der Waals surface area (Å²) in [5.41, 5.74) is 1.21. The highest BCUT2D eigenvalue weighted by Crippen LogP contribution is 2.38. The van der Waals surface area contributed by atoms with Gasteiger partial charge in [-0.1, -0.05) is 6.07 Å². The molecule has 0 unspecified atom stereocenters. The molecule has 2 aromatic rings. The number of carboxylic acids is 1. The van der Waals surface area contributed by atoms with Crippen LogP contribution in [0, 0.1) is 11.8 Å². The SMILES string of the molecule is O=C(O)[C@@H]1CN(C(=O)Nc2cccc3[nH]ccc23)C[C@H]1C(F)(F)F. The quantitative estimate of drug-likeness (QED) is 0.785. The first-order valence-electron chi connectivity index (χ1n) is 7.19. The van der Waals surface area contributed by atoms with Crippen LogP contribution in [0.3, 0.4) is 0 Å². The number of carbonyl (C=O) groups is 2. The van der Waals surface area contributed by atoms with Crippen LogP contribution in [-0.2, 0) is 4.79 Å². The molecule has 3 rings (SSSR count). The number of amides is 2. The standard InChI is InChI=1S/C15H14F3N3O3/c16-15(17,18)10-7-21(6-9(10)13(22)23)14(24)20-12-3-1-2-11-8(12)4-5-19-11/h1-5,9-10,19H,6-7H2,(H,20,24)(H,22,23)/t9-,10-/m1/s1. The number of carbonyl (C=O) groups excluding carboxylic acids is 1. The molecule has 2 atom stereocenters. The van der Waals surface area contributed by atoms with Gasteiger partial charge in [-0.25, -0.2) is 4.79 Å². The van der Waals surface area contributed by atoms with Crippen molar-refractivity contribution in [3.05, 3.63) is 30.5 Å². The molecule has 2 heterocycles. The van der Waals surface area contributed by atoms with Crippen LogP contribution < -0.4 is 5.32 Å². The van der Waals surface area contributed by atoms with E-state index in [1.807, 2.05) is 0 Å². The zero-order valence-corrected chi connectivity index (χ0v) is 12.3. The maximum absolute atomic E-state index is 13.0. The lowest BCUT2D eigenvalue weighted by Crippen LogP contribution is -2.35. The molecule has 1 aromatic heterocycles. The van der Waals surface area contributed by atoms with Crippen LogP contribution in [0.2, 0.25) is 0 Å². The van der Waals surface area contributed by atoms with E-state index in [1.54, 1.807) is 30.5 Å². The van der Waals surface area contributed by atoms with Gasteiger partial charge in [-0.2, -0.15) is 13.2 Å². The number of urea groups is 1. The minimum absolute atomic E-state index is 0.445. The van der Waals surface area contributed by atoms with Gasteiger partial charge >= 0.3 is 18.2 Å². The Hall–Kier alpha value is -2.71. The molecular weight excluding hydrogens is 327 g/mol. The molecule has 0 spiro atoms. The number of rotatable bonds is 2. The summed E-state index contributed by atoms with van der Waals surface area (Å²) < 4.78 is 38.9. The number of aromatic amines is 1. The molecule has 1 saturated heterocycles. The van der Waals surface area contributed by atoms with Crippen LogP contribution in [0.15, 0.2) is 30.5 Å². The average molecular weight is 341 g/mol. The van der Waals surface area contributed by atoms with Gasteiger partial charge in [0.05, 0.1) is 17.5 Å². The van der Waals surface area contributed by atoms with Gasteiger partial charge in [0, 0.05) is 30.2 Å².